The molecule has 180 valence electrons. The van der Waals surface area contributed by atoms with Crippen molar-refractivity contribution in [2.24, 2.45) is 5.41 Å². The van der Waals surface area contributed by atoms with E-state index >= 15 is 0 Å². The van der Waals surface area contributed by atoms with Gasteiger partial charge in [-0.2, -0.15) is 0 Å². The number of hydrogen-bond acceptors (Lipinski definition) is 6. The van der Waals surface area contributed by atoms with Crippen LogP contribution < -0.4 is 0 Å². The minimum absolute atomic E-state index is 0.0740. The summed E-state index contributed by atoms with van der Waals surface area (Å²) in [4.78, 5) is 25.1. The Kier molecular flexibility index (Phi) is 9.66. The minimum Gasteiger partial charge on any atom is -0.507 e. The summed E-state index contributed by atoms with van der Waals surface area (Å²) in [6.07, 6.45) is 6.70. The fourth-order valence-electron chi connectivity index (χ4n) is 3.78. The molecule has 0 aromatic rings. The van der Waals surface area contributed by atoms with E-state index < -0.39 is 23.1 Å². The van der Waals surface area contributed by atoms with Crippen LogP contribution in [0, 0.1) is 5.41 Å². The average Bonchev–Trinajstić information content (AvgIpc) is 2.72. The summed E-state index contributed by atoms with van der Waals surface area (Å²) in [6, 6.07) is 0. The Morgan fingerprint density at radius 3 is 2.25 bits per heavy atom. The van der Waals surface area contributed by atoms with Crippen LogP contribution >= 0.6 is 0 Å². The third-order valence-corrected chi connectivity index (χ3v) is 6.54. The Hall–Kier alpha value is -2.18. The van der Waals surface area contributed by atoms with Crippen LogP contribution in [0.15, 0.2) is 45.8 Å². The molecule has 0 aromatic carbocycles. The minimum atomic E-state index is -1.10. The Labute approximate surface area is 192 Å². The van der Waals surface area contributed by atoms with Crippen LogP contribution in [-0.2, 0) is 14.3 Å². The van der Waals surface area contributed by atoms with Gasteiger partial charge in [-0.3, -0.25) is 4.79 Å². The summed E-state index contributed by atoms with van der Waals surface area (Å²) in [5.41, 5.74) is 1.04. The summed E-state index contributed by atoms with van der Waals surface area (Å²) in [5, 5.41) is 30.1. The first-order chi connectivity index (χ1) is 14.7. The topological polar surface area (TPSA) is 104 Å². The number of carbonyl (C=O) groups is 2. The second-order valence-corrected chi connectivity index (χ2v) is 9.68. The van der Waals surface area contributed by atoms with Gasteiger partial charge in [0.25, 0.3) is 0 Å². The van der Waals surface area contributed by atoms with Crippen LogP contribution in [-0.4, -0.2) is 45.9 Å². The largest absolute Gasteiger partial charge is 0.507 e. The van der Waals surface area contributed by atoms with Crippen molar-refractivity contribution in [2.75, 3.05) is 7.11 Å². The summed E-state index contributed by atoms with van der Waals surface area (Å²) in [6.45, 7) is 12.3. The van der Waals surface area contributed by atoms with Gasteiger partial charge in [-0.25, -0.2) is 4.79 Å². The third kappa shape index (κ3) is 6.66. The Morgan fingerprint density at radius 1 is 1.16 bits per heavy atom. The highest BCUT2D eigenvalue weighted by atomic mass is 16.5. The summed E-state index contributed by atoms with van der Waals surface area (Å²) in [7, 11) is 1.25. The lowest BCUT2D eigenvalue weighted by Gasteiger charge is -2.34. The maximum absolute atomic E-state index is 13.0. The maximum atomic E-state index is 13.0. The number of aliphatic hydroxyl groups excluding tert-OH is 2. The molecule has 0 amide bonds. The molecule has 0 spiro atoms. The molecule has 0 heterocycles. The van der Waals surface area contributed by atoms with Crippen molar-refractivity contribution in [3.05, 3.63) is 45.8 Å². The lowest BCUT2D eigenvalue weighted by Crippen LogP contribution is -2.36. The summed E-state index contributed by atoms with van der Waals surface area (Å²) >= 11 is 0. The molecule has 0 unspecified atom stereocenters. The molecule has 1 aliphatic carbocycles. The van der Waals surface area contributed by atoms with Crippen molar-refractivity contribution in [3.63, 3.8) is 0 Å². The molecule has 0 saturated heterocycles. The molecule has 3 N–H and O–H groups in total. The fourth-order valence-corrected chi connectivity index (χ4v) is 3.78. The molecule has 32 heavy (non-hydrogen) atoms. The van der Waals surface area contributed by atoms with E-state index in [-0.39, 0.29) is 22.7 Å². The smallest absolute Gasteiger partial charge is 0.341 e. The van der Waals surface area contributed by atoms with E-state index in [2.05, 4.69) is 6.08 Å². The molecule has 0 radical (unpaired) electrons. The molecular weight excluding hydrogens is 408 g/mol. The molecule has 6 nitrogen and oxygen atoms in total. The number of rotatable bonds is 10. The molecule has 1 aliphatic rings. The second-order valence-electron chi connectivity index (χ2n) is 9.68. The summed E-state index contributed by atoms with van der Waals surface area (Å²) in [5.74, 6) is -1.13. The van der Waals surface area contributed by atoms with E-state index in [0.29, 0.717) is 18.4 Å². The van der Waals surface area contributed by atoms with Crippen LogP contribution in [0.25, 0.3) is 0 Å². The van der Waals surface area contributed by atoms with Crippen LogP contribution in [0.4, 0.5) is 0 Å². The number of hydrogen-bond donors (Lipinski definition) is 3. The van der Waals surface area contributed by atoms with Gasteiger partial charge in [0.15, 0.2) is 5.78 Å². The number of carbonyl (C=O) groups excluding carboxylic acids is 2. The highest BCUT2D eigenvalue weighted by molar-refractivity contribution is 6.08. The zero-order valence-corrected chi connectivity index (χ0v) is 20.8. The predicted octanol–water partition coefficient (Wildman–Crippen LogP) is 4.87. The number of esters is 1. The van der Waals surface area contributed by atoms with Crippen molar-refractivity contribution in [2.45, 2.75) is 92.3 Å². The van der Waals surface area contributed by atoms with Crippen LogP contribution in [0.5, 0.6) is 0 Å². The van der Waals surface area contributed by atoms with Gasteiger partial charge in [0.1, 0.15) is 11.3 Å². The molecule has 2 atom stereocenters. The predicted molar refractivity (Wildman–Crippen MR) is 126 cm³/mol. The quantitative estimate of drug-likeness (QED) is 0.325. The number of allylic oxidation sites excluding steroid dienone is 6. The number of Topliss-reactive ketones (excluding diaryl/α,β-unsaturated/α-hetero) is 1. The van der Waals surface area contributed by atoms with Gasteiger partial charge in [-0.05, 0) is 86.1 Å². The van der Waals surface area contributed by atoms with Gasteiger partial charge in [0.2, 0.25) is 0 Å². The molecule has 0 bridgehead atoms. The number of ketones is 1. The SMILES string of the molecule is COC(=O)C1=C(C)[C@@](C)(C/C=C(\C)CC/C=C(\C)CC[C@@H](O)C(C)(C)O)C(=O)C(C)=C1O. The van der Waals surface area contributed by atoms with Gasteiger partial charge in [0.05, 0.1) is 24.2 Å². The van der Waals surface area contributed by atoms with E-state index in [1.807, 2.05) is 19.9 Å². The van der Waals surface area contributed by atoms with Crippen molar-refractivity contribution in [1.29, 1.82) is 0 Å². The molecule has 6 heteroatoms. The first kappa shape index (κ1) is 27.9. The molecule has 0 fully saturated rings. The Balaban J connectivity index is 2.84. The van der Waals surface area contributed by atoms with E-state index in [4.69, 9.17) is 4.74 Å². The molecule has 0 saturated carbocycles. The van der Waals surface area contributed by atoms with Gasteiger partial charge >= 0.3 is 5.97 Å². The average molecular weight is 449 g/mol. The van der Waals surface area contributed by atoms with Gasteiger partial charge < -0.3 is 20.1 Å². The Bertz CT molecular complexity index is 850. The molecule has 1 rings (SSSR count). The number of methoxy groups -OCH3 is 1. The monoisotopic (exact) mass is 448 g/mol. The number of ether oxygens (including phenoxy) is 1. The van der Waals surface area contributed by atoms with E-state index in [1.165, 1.54) is 14.0 Å². The van der Waals surface area contributed by atoms with Crippen LogP contribution in [0.3, 0.4) is 0 Å². The highest BCUT2D eigenvalue weighted by Gasteiger charge is 2.43. The normalized spacial score (nSPS) is 21.9. The van der Waals surface area contributed by atoms with Gasteiger partial charge in [-0.15, -0.1) is 0 Å². The first-order valence-electron chi connectivity index (χ1n) is 11.1. The van der Waals surface area contributed by atoms with Crippen LogP contribution in [0.2, 0.25) is 0 Å². The lowest BCUT2D eigenvalue weighted by atomic mass is 9.68. The van der Waals surface area contributed by atoms with Crippen LogP contribution in [0.1, 0.15) is 80.6 Å². The third-order valence-electron chi connectivity index (χ3n) is 6.54. The fraction of sp³-hybridized carbons (Fsp3) is 0.615. The second kappa shape index (κ2) is 11.1. The van der Waals surface area contributed by atoms with E-state index in [9.17, 15) is 24.9 Å². The molecule has 0 aliphatic heterocycles. The zero-order valence-electron chi connectivity index (χ0n) is 20.8. The van der Waals surface area contributed by atoms with Gasteiger partial charge in [0, 0.05) is 5.57 Å². The number of aliphatic hydroxyl groups is 3. The lowest BCUT2D eigenvalue weighted by molar-refractivity contribution is -0.136. The van der Waals surface area contributed by atoms with Crippen molar-refractivity contribution < 1.29 is 29.6 Å². The highest BCUT2D eigenvalue weighted by Crippen LogP contribution is 2.43. The Morgan fingerprint density at radius 2 is 1.72 bits per heavy atom. The maximum Gasteiger partial charge on any atom is 0.341 e. The summed E-state index contributed by atoms with van der Waals surface area (Å²) < 4.78 is 4.81. The van der Waals surface area contributed by atoms with E-state index in [0.717, 1.165) is 30.4 Å². The standard InChI is InChI=1S/C26H40O6/c1-16(12-13-20(27)25(5,6)31)10-9-11-17(2)14-15-26(7)19(4)21(24(30)32-8)22(28)18(3)23(26)29/h10,14,20,27-28,31H,9,11-13,15H2,1-8H3/b16-10+,17-14+/t20-,26-/m1/s1. The molecular formula is C26H40O6. The van der Waals surface area contributed by atoms with Crippen molar-refractivity contribution in [3.8, 4) is 0 Å². The zero-order chi connectivity index (χ0) is 24.9. The van der Waals surface area contributed by atoms with Crippen molar-refractivity contribution >= 4 is 11.8 Å². The first-order valence-corrected chi connectivity index (χ1v) is 11.1. The van der Waals surface area contributed by atoms with Crippen molar-refractivity contribution in [1.82, 2.24) is 0 Å². The van der Waals surface area contributed by atoms with Gasteiger partial charge in [-0.1, -0.05) is 23.3 Å². The molecule has 0 aromatic heterocycles. The van der Waals surface area contributed by atoms with E-state index in [1.54, 1.807) is 27.7 Å².